The number of hydrogen-bond donors (Lipinski definition) is 1. The van der Waals surface area contributed by atoms with Crippen molar-refractivity contribution >= 4 is 0 Å². The standard InChI is InChI=1S/C16H24N2O/c1-13-6-7-17-15(10-13)12-18-8-9-19-16-5-3-2-4-14(16)11-18/h2-5,13,15,17H,6-12H2,1H3. The number of nitrogens with one attached hydrogen (secondary N) is 1. The van der Waals surface area contributed by atoms with E-state index >= 15 is 0 Å². The molecule has 104 valence electrons. The van der Waals surface area contributed by atoms with Gasteiger partial charge in [-0.15, -0.1) is 0 Å². The van der Waals surface area contributed by atoms with Crippen LogP contribution < -0.4 is 10.1 Å². The van der Waals surface area contributed by atoms with Gasteiger partial charge in [0, 0.05) is 31.2 Å². The summed E-state index contributed by atoms with van der Waals surface area (Å²) in [6.07, 6.45) is 2.63. The minimum Gasteiger partial charge on any atom is -0.492 e. The van der Waals surface area contributed by atoms with Crippen molar-refractivity contribution in [2.45, 2.75) is 32.4 Å². The monoisotopic (exact) mass is 260 g/mol. The number of benzene rings is 1. The fourth-order valence-corrected chi connectivity index (χ4v) is 3.21. The molecule has 19 heavy (non-hydrogen) atoms. The van der Waals surface area contributed by atoms with E-state index in [-0.39, 0.29) is 0 Å². The Hall–Kier alpha value is -1.06. The number of para-hydroxylation sites is 1. The van der Waals surface area contributed by atoms with Crippen LogP contribution in [0.15, 0.2) is 24.3 Å². The molecule has 3 rings (SSSR count). The number of hydrogen-bond acceptors (Lipinski definition) is 3. The Morgan fingerprint density at radius 3 is 3.16 bits per heavy atom. The molecule has 0 aromatic heterocycles. The highest BCUT2D eigenvalue weighted by Crippen LogP contribution is 2.23. The van der Waals surface area contributed by atoms with Crippen LogP contribution in [0.5, 0.6) is 5.75 Å². The molecular weight excluding hydrogens is 236 g/mol. The minimum absolute atomic E-state index is 0.647. The first kappa shape index (κ1) is 12.9. The molecule has 2 aliphatic rings. The summed E-state index contributed by atoms with van der Waals surface area (Å²) in [5.74, 6) is 1.93. The van der Waals surface area contributed by atoms with Gasteiger partial charge in [0.1, 0.15) is 12.4 Å². The van der Waals surface area contributed by atoms with E-state index in [1.807, 2.05) is 0 Å². The fraction of sp³-hybridized carbons (Fsp3) is 0.625. The number of ether oxygens (including phenoxy) is 1. The van der Waals surface area contributed by atoms with Crippen molar-refractivity contribution in [3.8, 4) is 5.75 Å². The summed E-state index contributed by atoms with van der Waals surface area (Å²) in [5.41, 5.74) is 1.32. The largest absolute Gasteiger partial charge is 0.492 e. The van der Waals surface area contributed by atoms with Crippen molar-refractivity contribution in [1.82, 2.24) is 10.2 Å². The lowest BCUT2D eigenvalue weighted by molar-refractivity contribution is 0.184. The van der Waals surface area contributed by atoms with Crippen LogP contribution in [0.1, 0.15) is 25.3 Å². The van der Waals surface area contributed by atoms with Gasteiger partial charge in [-0.1, -0.05) is 25.1 Å². The van der Waals surface area contributed by atoms with Crippen molar-refractivity contribution in [3.63, 3.8) is 0 Å². The molecule has 0 spiro atoms. The average molecular weight is 260 g/mol. The molecule has 1 fully saturated rings. The lowest BCUT2D eigenvalue weighted by Crippen LogP contribution is -2.45. The summed E-state index contributed by atoms with van der Waals surface area (Å²) in [6, 6.07) is 9.07. The normalized spacial score (nSPS) is 28.3. The Labute approximate surface area is 115 Å². The molecule has 3 nitrogen and oxygen atoms in total. The first-order valence-corrected chi connectivity index (χ1v) is 7.47. The molecular formula is C16H24N2O. The third-order valence-electron chi connectivity index (χ3n) is 4.27. The summed E-state index contributed by atoms with van der Waals surface area (Å²) < 4.78 is 5.83. The number of fused-ring (bicyclic) bond motifs is 1. The topological polar surface area (TPSA) is 24.5 Å². The predicted octanol–water partition coefficient (Wildman–Crippen LogP) is 2.27. The second kappa shape index (κ2) is 5.93. The SMILES string of the molecule is CC1CCNC(CN2CCOc3ccccc3C2)C1. The maximum Gasteiger partial charge on any atom is 0.123 e. The predicted molar refractivity (Wildman–Crippen MR) is 77.4 cm³/mol. The third kappa shape index (κ3) is 3.28. The van der Waals surface area contributed by atoms with Gasteiger partial charge in [-0.3, -0.25) is 4.90 Å². The van der Waals surface area contributed by atoms with Crippen LogP contribution in [0.25, 0.3) is 0 Å². The average Bonchev–Trinajstić information content (AvgIpc) is 2.60. The zero-order chi connectivity index (χ0) is 13.1. The molecule has 2 atom stereocenters. The summed E-state index contributed by atoms with van der Waals surface area (Å²) in [5, 5.41) is 3.66. The molecule has 0 radical (unpaired) electrons. The molecule has 0 saturated carbocycles. The summed E-state index contributed by atoms with van der Waals surface area (Å²) in [6.45, 7) is 7.53. The maximum atomic E-state index is 5.83. The minimum atomic E-state index is 0.647. The molecule has 1 saturated heterocycles. The van der Waals surface area contributed by atoms with Crippen molar-refractivity contribution in [3.05, 3.63) is 29.8 Å². The molecule has 1 N–H and O–H groups in total. The van der Waals surface area contributed by atoms with Gasteiger partial charge in [-0.05, 0) is 31.4 Å². The van der Waals surface area contributed by atoms with E-state index in [1.54, 1.807) is 0 Å². The van der Waals surface area contributed by atoms with Gasteiger partial charge in [0.05, 0.1) is 0 Å². The van der Waals surface area contributed by atoms with Gasteiger partial charge in [-0.2, -0.15) is 0 Å². The Morgan fingerprint density at radius 2 is 2.26 bits per heavy atom. The lowest BCUT2D eigenvalue weighted by Gasteiger charge is -2.32. The van der Waals surface area contributed by atoms with E-state index in [4.69, 9.17) is 4.74 Å². The van der Waals surface area contributed by atoms with Crippen LogP contribution in [0.4, 0.5) is 0 Å². The highest BCUT2D eigenvalue weighted by Gasteiger charge is 2.22. The maximum absolute atomic E-state index is 5.83. The van der Waals surface area contributed by atoms with Gasteiger partial charge < -0.3 is 10.1 Å². The molecule has 1 aromatic rings. The molecule has 2 unspecified atom stereocenters. The van der Waals surface area contributed by atoms with Crippen LogP contribution in [0.3, 0.4) is 0 Å². The van der Waals surface area contributed by atoms with Gasteiger partial charge in [-0.25, -0.2) is 0 Å². The van der Waals surface area contributed by atoms with Crippen molar-refractivity contribution < 1.29 is 4.74 Å². The van der Waals surface area contributed by atoms with Crippen molar-refractivity contribution in [2.75, 3.05) is 26.2 Å². The summed E-state index contributed by atoms with van der Waals surface area (Å²) >= 11 is 0. The quantitative estimate of drug-likeness (QED) is 0.883. The Morgan fingerprint density at radius 1 is 1.37 bits per heavy atom. The molecule has 0 bridgehead atoms. The summed E-state index contributed by atoms with van der Waals surface area (Å²) in [7, 11) is 0. The second-order valence-corrected chi connectivity index (χ2v) is 5.97. The molecule has 0 amide bonds. The van der Waals surface area contributed by atoms with Crippen LogP contribution in [-0.4, -0.2) is 37.2 Å². The third-order valence-corrected chi connectivity index (χ3v) is 4.27. The van der Waals surface area contributed by atoms with E-state index in [2.05, 4.69) is 41.4 Å². The smallest absolute Gasteiger partial charge is 0.123 e. The second-order valence-electron chi connectivity index (χ2n) is 5.97. The van der Waals surface area contributed by atoms with Crippen LogP contribution in [-0.2, 0) is 6.54 Å². The first-order chi connectivity index (χ1) is 9.31. The Balaban J connectivity index is 1.63. The molecule has 2 heterocycles. The van der Waals surface area contributed by atoms with E-state index in [1.165, 1.54) is 24.9 Å². The van der Waals surface area contributed by atoms with E-state index < -0.39 is 0 Å². The van der Waals surface area contributed by atoms with E-state index in [9.17, 15) is 0 Å². The van der Waals surface area contributed by atoms with Crippen LogP contribution in [0, 0.1) is 5.92 Å². The Kier molecular flexibility index (Phi) is 4.04. The number of rotatable bonds is 2. The molecule has 3 heteroatoms. The highest BCUT2D eigenvalue weighted by molar-refractivity contribution is 5.33. The zero-order valence-corrected chi connectivity index (χ0v) is 11.8. The van der Waals surface area contributed by atoms with E-state index in [0.717, 1.165) is 37.9 Å². The Bertz CT molecular complexity index is 421. The highest BCUT2D eigenvalue weighted by atomic mass is 16.5. The molecule has 0 aliphatic carbocycles. The van der Waals surface area contributed by atoms with Crippen molar-refractivity contribution in [1.29, 1.82) is 0 Å². The molecule has 1 aromatic carbocycles. The van der Waals surface area contributed by atoms with Crippen molar-refractivity contribution in [2.24, 2.45) is 5.92 Å². The van der Waals surface area contributed by atoms with Crippen LogP contribution >= 0.6 is 0 Å². The number of nitrogens with zero attached hydrogens (tertiary/aromatic N) is 1. The lowest BCUT2D eigenvalue weighted by atomic mass is 9.94. The summed E-state index contributed by atoms with van der Waals surface area (Å²) in [4.78, 5) is 2.53. The zero-order valence-electron chi connectivity index (χ0n) is 11.8. The van der Waals surface area contributed by atoms with Gasteiger partial charge >= 0.3 is 0 Å². The first-order valence-electron chi connectivity index (χ1n) is 7.47. The van der Waals surface area contributed by atoms with Gasteiger partial charge in [0.15, 0.2) is 0 Å². The van der Waals surface area contributed by atoms with E-state index in [0.29, 0.717) is 6.04 Å². The fourth-order valence-electron chi connectivity index (χ4n) is 3.21. The van der Waals surface area contributed by atoms with Gasteiger partial charge in [0.2, 0.25) is 0 Å². The molecule has 2 aliphatic heterocycles. The number of piperidine rings is 1. The van der Waals surface area contributed by atoms with Crippen LogP contribution in [0.2, 0.25) is 0 Å². The van der Waals surface area contributed by atoms with Gasteiger partial charge in [0.25, 0.3) is 0 Å².